The number of aromatic nitrogens is 4. The fourth-order valence-electron chi connectivity index (χ4n) is 10.1. The van der Waals surface area contributed by atoms with Crippen molar-refractivity contribution < 1.29 is 32.3 Å². The summed E-state index contributed by atoms with van der Waals surface area (Å²) in [5.74, 6) is 0.479. The van der Waals surface area contributed by atoms with Crippen LogP contribution in [0.1, 0.15) is 13.8 Å². The van der Waals surface area contributed by atoms with Gasteiger partial charge >= 0.3 is 339 Å². The van der Waals surface area contributed by atoms with Crippen LogP contribution in [0, 0.1) is 10.7 Å². The maximum absolute atomic E-state index is 9.38. The minimum absolute atomic E-state index is 0.101. The van der Waals surface area contributed by atoms with Gasteiger partial charge in [0.05, 0.1) is 0 Å². The first-order valence-electron chi connectivity index (χ1n) is 25.7. The molecule has 69 heavy (non-hydrogen) atoms. The summed E-state index contributed by atoms with van der Waals surface area (Å²) in [7, 11) is 0. The maximum atomic E-state index is 9.38. The summed E-state index contributed by atoms with van der Waals surface area (Å²) in [6.07, 6.45) is 0. The molecule has 3 aromatic heterocycles. The number of hydrogen-bond acceptors (Lipinski definition) is 3. The molecule has 0 amide bonds. The Hall–Kier alpha value is -8.25. The molecule has 12 aromatic rings. The Labute approximate surface area is 419 Å². The molecule has 0 saturated carbocycles. The van der Waals surface area contributed by atoms with Gasteiger partial charge in [-0.2, -0.15) is 0 Å². The fourth-order valence-corrected chi connectivity index (χ4v) is 11.2. The van der Waals surface area contributed by atoms with Crippen LogP contribution in [0.15, 0.2) is 237 Å². The van der Waals surface area contributed by atoms with Gasteiger partial charge < -0.3 is 0 Å². The molecule has 6 nitrogen and oxygen atoms in total. The number of benzene rings is 9. The molecule has 8 heteroatoms. The molecule has 0 saturated heterocycles. The van der Waals surface area contributed by atoms with Crippen LogP contribution >= 0.6 is 0 Å². The fraction of sp³-hybridized carbons (Fsp3) is 0.0164. The molecule has 0 atom stereocenters. The summed E-state index contributed by atoms with van der Waals surface area (Å²) in [6, 6.07) is 71.4. The van der Waals surface area contributed by atoms with E-state index in [1.165, 1.54) is 0 Å². The third kappa shape index (κ3) is 6.92. The molecular weight excluding hydrogens is 1020 g/mol. The third-order valence-corrected chi connectivity index (χ3v) is 14.1. The quantitative estimate of drug-likeness (QED) is 0.135. The van der Waals surface area contributed by atoms with Gasteiger partial charge in [0.15, 0.2) is 0 Å². The van der Waals surface area contributed by atoms with Crippen LogP contribution in [0.3, 0.4) is 0 Å². The SMILES string of the molecule is [2H]c1c(Oc2cccc(-n3[c](=[Pt])n(-c4c(-c5ccccc5)cc(C([2H])([2H])[2H])cc4-c4ccc(-c5ccccc5)cc4)c4ccccc43)c2)nc(N2B(c3ccccc3)n3c4ccccc4c4cccc2c43)c([2H])c1[2H]. The molecule has 9 aromatic carbocycles. The van der Waals surface area contributed by atoms with Gasteiger partial charge in [-0.1, -0.05) is 60.7 Å². The van der Waals surface area contributed by atoms with Gasteiger partial charge in [-0.3, -0.25) is 0 Å². The van der Waals surface area contributed by atoms with E-state index >= 15 is 0 Å². The van der Waals surface area contributed by atoms with Gasteiger partial charge in [0.25, 0.3) is 0 Å². The van der Waals surface area contributed by atoms with Crippen molar-refractivity contribution in [1.29, 1.82) is 0 Å². The van der Waals surface area contributed by atoms with Crippen molar-refractivity contribution >= 4 is 56.8 Å². The average Bonchev–Trinajstić information content (AvgIpc) is 4.17. The third-order valence-electron chi connectivity index (χ3n) is 13.1. The second-order valence-electron chi connectivity index (χ2n) is 17.1. The molecule has 4 heterocycles. The van der Waals surface area contributed by atoms with E-state index < -0.39 is 13.8 Å². The van der Waals surface area contributed by atoms with E-state index in [-0.39, 0.29) is 35.4 Å². The van der Waals surface area contributed by atoms with Gasteiger partial charge in [0.1, 0.15) is 0 Å². The summed E-state index contributed by atoms with van der Waals surface area (Å²) in [5.41, 5.74) is 12.7. The van der Waals surface area contributed by atoms with Crippen LogP contribution in [0.5, 0.6) is 11.6 Å². The van der Waals surface area contributed by atoms with Crippen molar-refractivity contribution in [2.75, 3.05) is 4.81 Å². The van der Waals surface area contributed by atoms with E-state index in [0.717, 1.165) is 92.5 Å². The summed E-state index contributed by atoms with van der Waals surface area (Å²) >= 11 is 2.35. The number of pyridine rings is 1. The summed E-state index contributed by atoms with van der Waals surface area (Å²) < 4.78 is 67.8. The van der Waals surface area contributed by atoms with E-state index in [0.29, 0.717) is 5.75 Å². The van der Waals surface area contributed by atoms with Crippen LogP contribution in [-0.2, 0) is 19.4 Å². The normalized spacial score (nSPS) is 13.6. The van der Waals surface area contributed by atoms with E-state index in [1.807, 2.05) is 132 Å². The number of hydrogen-bond donors (Lipinski definition) is 0. The number of anilines is 2. The molecule has 1 aliphatic rings. The Kier molecular flexibility index (Phi) is 8.52. The average molecular weight is 1070 g/mol. The van der Waals surface area contributed by atoms with Crippen LogP contribution in [-0.4, -0.2) is 25.6 Å². The Morgan fingerprint density at radius 1 is 0.551 bits per heavy atom. The summed E-state index contributed by atoms with van der Waals surface area (Å²) in [5, 5.41) is 2.19. The zero-order chi connectivity index (χ0) is 51.1. The topological polar surface area (TPSA) is 40.1 Å². The van der Waals surface area contributed by atoms with Crippen molar-refractivity contribution in [2.24, 2.45) is 0 Å². The minimum atomic E-state index is -2.39. The number of imidazole rings is 1. The first kappa shape index (κ1) is 35.0. The standard InChI is InChI=1S/C61H42BN5O.Pt/c1-42-38-52(45-20-7-3-8-21-45)60(53(39-42)46-36-34-44(35-37-46)43-18-5-2-6-19-43)65-41-64(55-29-13-14-30-56(55)65)48-24-15-25-49(40-48)68-59-33-17-32-58(63-59)66-57-31-16-27-51-50-26-11-12-28-54(50)67(61(51)57)62(66)47-22-9-4-10-23-47;/h2-40H,1H3;/i1D3,17D,32D,33D;. The van der Waals surface area contributed by atoms with Gasteiger partial charge in [-0.25, -0.2) is 0 Å². The van der Waals surface area contributed by atoms with Gasteiger partial charge in [-0.15, -0.1) is 0 Å². The molecule has 0 aliphatic carbocycles. The van der Waals surface area contributed by atoms with Crippen molar-refractivity contribution in [3.05, 3.63) is 246 Å². The van der Waals surface area contributed by atoms with E-state index in [2.05, 4.69) is 112 Å². The first-order valence-corrected chi connectivity index (χ1v) is 23.9. The number of ether oxygens (including phenoxy) is 1. The number of rotatable bonds is 9. The molecule has 0 N–H and O–H groups in total. The van der Waals surface area contributed by atoms with Gasteiger partial charge in [0, 0.05) is 16.3 Å². The molecule has 0 radical (unpaired) electrons. The second kappa shape index (κ2) is 16.8. The molecule has 0 fully saturated rings. The number of fused-ring (bicyclic) bond motifs is 4. The molecule has 13 rings (SSSR count). The molecular formula is C61H42BN5OPt. The number of aryl methyl sites for hydroxylation is 1. The molecule has 1 aliphatic heterocycles. The van der Waals surface area contributed by atoms with Crippen molar-refractivity contribution in [3.63, 3.8) is 0 Å². The van der Waals surface area contributed by atoms with Gasteiger partial charge in [-0.05, 0) is 6.07 Å². The van der Waals surface area contributed by atoms with Crippen molar-refractivity contribution in [2.45, 2.75) is 6.85 Å². The van der Waals surface area contributed by atoms with E-state index in [9.17, 15) is 4.11 Å². The Morgan fingerprint density at radius 3 is 1.88 bits per heavy atom. The van der Waals surface area contributed by atoms with Gasteiger partial charge in [0.2, 0.25) is 0 Å². The zero-order valence-corrected chi connectivity index (χ0v) is 39.1. The summed E-state index contributed by atoms with van der Waals surface area (Å²) in [4.78, 5) is 7.00. The van der Waals surface area contributed by atoms with E-state index in [4.69, 9.17) is 13.8 Å². The van der Waals surface area contributed by atoms with Crippen LogP contribution < -0.4 is 15.0 Å². The van der Waals surface area contributed by atoms with Crippen LogP contribution in [0.4, 0.5) is 11.5 Å². The Bertz CT molecular complexity index is 4280. The predicted molar refractivity (Wildman–Crippen MR) is 280 cm³/mol. The number of para-hydroxylation sites is 4. The van der Waals surface area contributed by atoms with Crippen molar-refractivity contribution in [3.8, 4) is 56.4 Å². The molecule has 0 spiro atoms. The molecule has 0 bridgehead atoms. The Morgan fingerprint density at radius 2 is 1.14 bits per heavy atom. The predicted octanol–water partition coefficient (Wildman–Crippen LogP) is 14.5. The summed E-state index contributed by atoms with van der Waals surface area (Å²) in [6.45, 7) is -2.84. The van der Waals surface area contributed by atoms with E-state index in [1.54, 1.807) is 12.1 Å². The molecule has 330 valence electrons. The van der Waals surface area contributed by atoms with Crippen LogP contribution in [0.2, 0.25) is 0 Å². The zero-order valence-electron chi connectivity index (χ0n) is 42.8. The van der Waals surface area contributed by atoms with Crippen molar-refractivity contribution in [1.82, 2.24) is 18.6 Å². The second-order valence-corrected chi connectivity index (χ2v) is 18.1. The number of nitrogens with zero attached hydrogens (tertiary/aromatic N) is 5. The monoisotopic (exact) mass is 1070 g/mol. The van der Waals surface area contributed by atoms with Crippen LogP contribution in [0.25, 0.3) is 77.6 Å². The first-order chi connectivity index (χ1) is 36.5. The Balaban J connectivity index is 0.957. The molecule has 0 unspecified atom stereocenters.